The van der Waals surface area contributed by atoms with Crippen molar-refractivity contribution in [3.63, 3.8) is 0 Å². The maximum absolute atomic E-state index is 8.84. The monoisotopic (exact) mass is 184 g/mol. The molecule has 1 spiro atoms. The zero-order valence-electron chi connectivity index (χ0n) is 8.21. The van der Waals surface area contributed by atoms with E-state index in [0.29, 0.717) is 18.1 Å². The molecule has 3 N–H and O–H groups in total. The third-order valence-electron chi connectivity index (χ3n) is 3.67. The van der Waals surface area contributed by atoms with Gasteiger partial charge in [0.15, 0.2) is 0 Å². The molecule has 1 aliphatic heterocycles. The van der Waals surface area contributed by atoms with Gasteiger partial charge in [-0.15, -0.1) is 0 Å². The molecule has 0 aromatic heterocycles. The molecule has 1 heterocycles. The van der Waals surface area contributed by atoms with Crippen molar-refractivity contribution in [1.82, 2.24) is 4.90 Å². The quantitative estimate of drug-likeness (QED) is 0.644. The van der Waals surface area contributed by atoms with E-state index in [9.17, 15) is 0 Å². The molecular formula is C10H20N2O. The van der Waals surface area contributed by atoms with Crippen LogP contribution in [0.15, 0.2) is 0 Å². The minimum absolute atomic E-state index is 0.294. The topological polar surface area (TPSA) is 49.5 Å². The van der Waals surface area contributed by atoms with Gasteiger partial charge in [-0.2, -0.15) is 0 Å². The lowest BCUT2D eigenvalue weighted by Crippen LogP contribution is -2.28. The number of aliphatic hydroxyl groups is 1. The number of β-amino-alcohol motifs (C(OH)–C–C–N with tert-alkyl or cyclic N) is 1. The number of rotatable bonds is 2. The van der Waals surface area contributed by atoms with Crippen molar-refractivity contribution >= 4 is 0 Å². The van der Waals surface area contributed by atoms with Gasteiger partial charge in [0.2, 0.25) is 0 Å². The first-order chi connectivity index (χ1) is 6.24. The molecule has 2 aliphatic rings. The third-order valence-corrected chi connectivity index (χ3v) is 3.67. The standard InChI is InChI=1S/C10H20N2O/c11-9-1-2-10(7-9)3-4-12(8-10)5-6-13/h9,13H,1-8,11H2/t9-,10-/m1/s1. The van der Waals surface area contributed by atoms with Gasteiger partial charge in [-0.3, -0.25) is 0 Å². The zero-order valence-corrected chi connectivity index (χ0v) is 8.21. The molecule has 2 fully saturated rings. The summed E-state index contributed by atoms with van der Waals surface area (Å²) in [5.74, 6) is 0. The van der Waals surface area contributed by atoms with Crippen LogP contribution < -0.4 is 5.73 Å². The van der Waals surface area contributed by atoms with Crippen LogP contribution in [0, 0.1) is 5.41 Å². The first-order valence-corrected chi connectivity index (χ1v) is 5.33. The number of nitrogens with zero attached hydrogens (tertiary/aromatic N) is 1. The van der Waals surface area contributed by atoms with Crippen LogP contribution >= 0.6 is 0 Å². The van der Waals surface area contributed by atoms with Crippen LogP contribution in [0.3, 0.4) is 0 Å². The second-order valence-corrected chi connectivity index (χ2v) is 4.75. The number of nitrogens with two attached hydrogens (primary N) is 1. The van der Waals surface area contributed by atoms with Crippen LogP contribution in [0.5, 0.6) is 0 Å². The van der Waals surface area contributed by atoms with Gasteiger partial charge in [0.05, 0.1) is 6.61 Å². The van der Waals surface area contributed by atoms with E-state index in [2.05, 4.69) is 4.90 Å². The Morgan fingerprint density at radius 1 is 1.46 bits per heavy atom. The molecule has 0 aromatic carbocycles. The highest BCUT2D eigenvalue weighted by atomic mass is 16.3. The van der Waals surface area contributed by atoms with E-state index in [-0.39, 0.29) is 0 Å². The van der Waals surface area contributed by atoms with Crippen LogP contribution in [0.2, 0.25) is 0 Å². The summed E-state index contributed by atoms with van der Waals surface area (Å²) >= 11 is 0. The molecule has 13 heavy (non-hydrogen) atoms. The highest BCUT2D eigenvalue weighted by Gasteiger charge is 2.42. The molecule has 76 valence electrons. The van der Waals surface area contributed by atoms with Gasteiger partial charge >= 0.3 is 0 Å². The largest absolute Gasteiger partial charge is 0.395 e. The summed E-state index contributed by atoms with van der Waals surface area (Å²) in [5.41, 5.74) is 6.46. The van der Waals surface area contributed by atoms with E-state index < -0.39 is 0 Å². The Hall–Kier alpha value is -0.120. The Bertz CT molecular complexity index is 186. The van der Waals surface area contributed by atoms with Crippen molar-refractivity contribution < 1.29 is 5.11 Å². The van der Waals surface area contributed by atoms with Crippen molar-refractivity contribution in [2.24, 2.45) is 11.1 Å². The molecule has 3 heteroatoms. The molecule has 0 amide bonds. The second kappa shape index (κ2) is 3.56. The molecule has 0 unspecified atom stereocenters. The van der Waals surface area contributed by atoms with Crippen molar-refractivity contribution in [3.05, 3.63) is 0 Å². The number of hydrogen-bond acceptors (Lipinski definition) is 3. The average molecular weight is 184 g/mol. The van der Waals surface area contributed by atoms with Crippen molar-refractivity contribution in [3.8, 4) is 0 Å². The lowest BCUT2D eigenvalue weighted by Gasteiger charge is -2.23. The Morgan fingerprint density at radius 3 is 2.92 bits per heavy atom. The maximum atomic E-state index is 8.84. The van der Waals surface area contributed by atoms with Crippen LogP contribution in [-0.2, 0) is 0 Å². The molecule has 1 saturated heterocycles. The van der Waals surface area contributed by atoms with Crippen LogP contribution in [0.1, 0.15) is 25.7 Å². The summed E-state index contributed by atoms with van der Waals surface area (Å²) in [4.78, 5) is 2.37. The molecule has 1 saturated carbocycles. The van der Waals surface area contributed by atoms with Gasteiger partial charge < -0.3 is 15.7 Å². The summed E-state index contributed by atoms with van der Waals surface area (Å²) < 4.78 is 0. The van der Waals surface area contributed by atoms with Crippen LogP contribution in [0.25, 0.3) is 0 Å². The van der Waals surface area contributed by atoms with Crippen molar-refractivity contribution in [2.75, 3.05) is 26.2 Å². The summed E-state index contributed by atoms with van der Waals surface area (Å²) in [6.45, 7) is 3.47. The lowest BCUT2D eigenvalue weighted by molar-refractivity contribution is 0.200. The third kappa shape index (κ3) is 1.87. The lowest BCUT2D eigenvalue weighted by atomic mass is 9.85. The van der Waals surface area contributed by atoms with Gasteiger partial charge in [0, 0.05) is 19.1 Å². The fourth-order valence-electron chi connectivity index (χ4n) is 2.98. The van der Waals surface area contributed by atoms with Crippen LogP contribution in [-0.4, -0.2) is 42.3 Å². The Balaban J connectivity index is 1.89. The molecule has 0 radical (unpaired) electrons. The highest BCUT2D eigenvalue weighted by molar-refractivity contribution is 4.97. The Labute approximate surface area is 79.9 Å². The minimum Gasteiger partial charge on any atom is -0.395 e. The van der Waals surface area contributed by atoms with Gasteiger partial charge in [-0.25, -0.2) is 0 Å². The number of aliphatic hydroxyl groups excluding tert-OH is 1. The molecule has 2 rings (SSSR count). The molecule has 2 atom stereocenters. The van der Waals surface area contributed by atoms with E-state index in [1.54, 1.807) is 0 Å². The van der Waals surface area contributed by atoms with E-state index in [1.165, 1.54) is 32.2 Å². The van der Waals surface area contributed by atoms with E-state index in [0.717, 1.165) is 13.1 Å². The predicted molar refractivity (Wildman–Crippen MR) is 52.4 cm³/mol. The predicted octanol–water partition coefficient (Wildman–Crippen LogP) is 0.182. The molecule has 1 aliphatic carbocycles. The molecule has 3 nitrogen and oxygen atoms in total. The average Bonchev–Trinajstić information content (AvgIpc) is 2.62. The van der Waals surface area contributed by atoms with Crippen molar-refractivity contribution in [2.45, 2.75) is 31.7 Å². The Kier molecular flexibility index (Phi) is 2.58. The van der Waals surface area contributed by atoms with Gasteiger partial charge in [-0.05, 0) is 37.6 Å². The first kappa shape index (κ1) is 9.44. The first-order valence-electron chi connectivity index (χ1n) is 5.33. The van der Waals surface area contributed by atoms with Gasteiger partial charge in [0.1, 0.15) is 0 Å². The maximum Gasteiger partial charge on any atom is 0.0558 e. The van der Waals surface area contributed by atoms with E-state index in [4.69, 9.17) is 10.8 Å². The smallest absolute Gasteiger partial charge is 0.0558 e. The van der Waals surface area contributed by atoms with E-state index in [1.807, 2.05) is 0 Å². The zero-order chi connectivity index (χ0) is 9.31. The normalized spacial score (nSPS) is 40.6. The fraction of sp³-hybridized carbons (Fsp3) is 1.00. The van der Waals surface area contributed by atoms with E-state index >= 15 is 0 Å². The minimum atomic E-state index is 0.294. The SMILES string of the molecule is N[C@@H]1CC[C@@]2(CCN(CCO)C2)C1. The molecular weight excluding hydrogens is 164 g/mol. The highest BCUT2D eigenvalue weighted by Crippen LogP contribution is 2.44. The fourth-order valence-corrected chi connectivity index (χ4v) is 2.98. The number of likely N-dealkylation sites (tertiary alicyclic amines) is 1. The number of hydrogen-bond donors (Lipinski definition) is 2. The van der Waals surface area contributed by atoms with Crippen molar-refractivity contribution in [1.29, 1.82) is 0 Å². The van der Waals surface area contributed by atoms with Gasteiger partial charge in [-0.1, -0.05) is 0 Å². The van der Waals surface area contributed by atoms with Crippen LogP contribution in [0.4, 0.5) is 0 Å². The summed E-state index contributed by atoms with van der Waals surface area (Å²) in [7, 11) is 0. The molecule has 0 bridgehead atoms. The summed E-state index contributed by atoms with van der Waals surface area (Å²) in [5, 5.41) is 8.84. The summed E-state index contributed by atoms with van der Waals surface area (Å²) in [6.07, 6.45) is 5.00. The van der Waals surface area contributed by atoms with Gasteiger partial charge in [0.25, 0.3) is 0 Å². The molecule has 0 aromatic rings. The summed E-state index contributed by atoms with van der Waals surface area (Å²) in [6, 6.07) is 0.439. The Morgan fingerprint density at radius 2 is 2.31 bits per heavy atom. The second-order valence-electron chi connectivity index (χ2n) is 4.75.